The Hall–Kier alpha value is -1.10. The van der Waals surface area contributed by atoms with E-state index in [1.165, 1.54) is 6.42 Å². The molecule has 0 spiro atoms. The molecule has 0 radical (unpaired) electrons. The number of rotatable bonds is 5. The Morgan fingerprint density at radius 3 is 2.69 bits per heavy atom. The van der Waals surface area contributed by atoms with E-state index in [0.29, 0.717) is 11.9 Å². The average molecular weight is 225 g/mol. The third-order valence-corrected chi connectivity index (χ3v) is 3.22. The Morgan fingerprint density at radius 1 is 1.50 bits per heavy atom. The van der Waals surface area contributed by atoms with Crippen LogP contribution >= 0.6 is 0 Å². The molecule has 1 aliphatic carbocycles. The van der Waals surface area contributed by atoms with E-state index < -0.39 is 0 Å². The van der Waals surface area contributed by atoms with E-state index in [1.807, 2.05) is 13.8 Å². The van der Waals surface area contributed by atoms with Gasteiger partial charge in [0.25, 0.3) is 0 Å². The van der Waals surface area contributed by atoms with Crippen molar-refractivity contribution in [3.8, 4) is 0 Å². The summed E-state index contributed by atoms with van der Waals surface area (Å²) in [7, 11) is 1.76. The Kier molecular flexibility index (Phi) is 3.14. The van der Waals surface area contributed by atoms with Crippen LogP contribution in [0.15, 0.2) is 4.52 Å². The predicted molar refractivity (Wildman–Crippen MR) is 60.5 cm³/mol. The van der Waals surface area contributed by atoms with Gasteiger partial charge in [-0.2, -0.15) is 4.98 Å². The van der Waals surface area contributed by atoms with Crippen molar-refractivity contribution in [2.24, 2.45) is 0 Å². The van der Waals surface area contributed by atoms with E-state index in [2.05, 4.69) is 15.5 Å². The molecule has 1 heterocycles. The van der Waals surface area contributed by atoms with Crippen LogP contribution in [-0.4, -0.2) is 29.4 Å². The second-order valence-electron chi connectivity index (χ2n) is 4.71. The summed E-state index contributed by atoms with van der Waals surface area (Å²) in [6, 6.07) is 0.493. The standard InChI is InChI=1S/C11H19N3O2/c1-8(2)9-13-10(16-14-9)12-7-11(15-3)5-4-6-11/h8H,4-7H2,1-3H3,(H,12,13,14). The fourth-order valence-electron chi connectivity index (χ4n) is 1.80. The molecule has 1 aromatic rings. The zero-order valence-electron chi connectivity index (χ0n) is 10.1. The summed E-state index contributed by atoms with van der Waals surface area (Å²) < 4.78 is 10.6. The maximum Gasteiger partial charge on any atom is 0.321 e. The number of hydrogen-bond acceptors (Lipinski definition) is 5. The number of methoxy groups -OCH3 is 1. The molecule has 0 aliphatic heterocycles. The molecule has 5 nitrogen and oxygen atoms in total. The SMILES string of the molecule is COC1(CNc2nc(C(C)C)no2)CCC1. The fraction of sp³-hybridized carbons (Fsp3) is 0.818. The zero-order chi connectivity index (χ0) is 11.6. The first kappa shape index (κ1) is 11.4. The van der Waals surface area contributed by atoms with Crippen LogP contribution in [-0.2, 0) is 4.74 Å². The van der Waals surface area contributed by atoms with Crippen LogP contribution in [0.2, 0.25) is 0 Å². The molecule has 1 aliphatic rings. The molecule has 0 atom stereocenters. The van der Waals surface area contributed by atoms with Gasteiger partial charge in [-0.3, -0.25) is 0 Å². The number of ether oxygens (including phenoxy) is 1. The minimum absolute atomic E-state index is 0.0214. The molecular weight excluding hydrogens is 206 g/mol. The van der Waals surface area contributed by atoms with Crippen LogP contribution in [0.25, 0.3) is 0 Å². The molecule has 1 saturated carbocycles. The topological polar surface area (TPSA) is 60.2 Å². The molecule has 90 valence electrons. The largest absolute Gasteiger partial charge is 0.376 e. The first-order valence-electron chi connectivity index (χ1n) is 5.78. The van der Waals surface area contributed by atoms with Crippen molar-refractivity contribution in [3.05, 3.63) is 5.82 Å². The summed E-state index contributed by atoms with van der Waals surface area (Å²) in [5.41, 5.74) is -0.0214. The Bertz CT molecular complexity index is 339. The van der Waals surface area contributed by atoms with Crippen LogP contribution < -0.4 is 5.32 Å². The van der Waals surface area contributed by atoms with E-state index in [4.69, 9.17) is 9.26 Å². The van der Waals surface area contributed by atoms with Crippen molar-refractivity contribution in [1.29, 1.82) is 0 Å². The summed E-state index contributed by atoms with van der Waals surface area (Å²) in [6.07, 6.45) is 3.43. The van der Waals surface area contributed by atoms with Crippen molar-refractivity contribution < 1.29 is 9.26 Å². The molecular formula is C11H19N3O2. The molecule has 2 rings (SSSR count). The number of nitrogens with one attached hydrogen (secondary N) is 1. The lowest BCUT2D eigenvalue weighted by Gasteiger charge is -2.40. The highest BCUT2D eigenvalue weighted by Crippen LogP contribution is 2.34. The monoisotopic (exact) mass is 225 g/mol. The summed E-state index contributed by atoms with van der Waals surface area (Å²) in [4.78, 5) is 4.26. The first-order valence-corrected chi connectivity index (χ1v) is 5.78. The maximum absolute atomic E-state index is 5.50. The average Bonchev–Trinajstić information content (AvgIpc) is 2.65. The molecule has 1 N–H and O–H groups in total. The van der Waals surface area contributed by atoms with Gasteiger partial charge in [0.05, 0.1) is 5.60 Å². The number of aromatic nitrogens is 2. The zero-order valence-corrected chi connectivity index (χ0v) is 10.1. The van der Waals surface area contributed by atoms with E-state index in [0.717, 1.165) is 25.2 Å². The van der Waals surface area contributed by atoms with Gasteiger partial charge in [0, 0.05) is 19.6 Å². The lowest BCUT2D eigenvalue weighted by Crippen LogP contribution is -2.45. The molecule has 16 heavy (non-hydrogen) atoms. The molecule has 0 saturated heterocycles. The fourth-order valence-corrected chi connectivity index (χ4v) is 1.80. The van der Waals surface area contributed by atoms with E-state index >= 15 is 0 Å². The lowest BCUT2D eigenvalue weighted by atomic mass is 9.80. The minimum Gasteiger partial charge on any atom is -0.376 e. The maximum atomic E-state index is 5.50. The quantitative estimate of drug-likeness (QED) is 0.832. The summed E-state index contributed by atoms with van der Waals surface area (Å²) in [5.74, 6) is 1.03. The van der Waals surface area contributed by atoms with Gasteiger partial charge in [0.2, 0.25) is 0 Å². The number of hydrogen-bond donors (Lipinski definition) is 1. The predicted octanol–water partition coefficient (Wildman–Crippen LogP) is 2.17. The van der Waals surface area contributed by atoms with E-state index in [-0.39, 0.29) is 5.60 Å². The van der Waals surface area contributed by atoms with Crippen LogP contribution in [0.5, 0.6) is 0 Å². The molecule has 5 heteroatoms. The summed E-state index contributed by atoms with van der Waals surface area (Å²) in [5, 5.41) is 7.04. The molecule has 0 bridgehead atoms. The highest BCUT2D eigenvalue weighted by Gasteiger charge is 2.37. The smallest absolute Gasteiger partial charge is 0.321 e. The first-order chi connectivity index (χ1) is 7.65. The van der Waals surface area contributed by atoms with Gasteiger partial charge < -0.3 is 14.6 Å². The van der Waals surface area contributed by atoms with Gasteiger partial charge in [-0.05, 0) is 19.3 Å². The second kappa shape index (κ2) is 4.41. The van der Waals surface area contributed by atoms with Crippen molar-refractivity contribution >= 4 is 6.01 Å². The van der Waals surface area contributed by atoms with Crippen LogP contribution in [0.3, 0.4) is 0 Å². The van der Waals surface area contributed by atoms with Gasteiger partial charge in [0.15, 0.2) is 5.82 Å². The van der Waals surface area contributed by atoms with Gasteiger partial charge in [0.1, 0.15) is 0 Å². The van der Waals surface area contributed by atoms with E-state index in [1.54, 1.807) is 7.11 Å². The molecule has 0 unspecified atom stereocenters. The summed E-state index contributed by atoms with van der Waals surface area (Å²) >= 11 is 0. The van der Waals surface area contributed by atoms with Crippen molar-refractivity contribution in [1.82, 2.24) is 10.1 Å². The van der Waals surface area contributed by atoms with Crippen molar-refractivity contribution in [2.75, 3.05) is 19.0 Å². The molecule has 0 amide bonds. The normalized spacial score (nSPS) is 18.5. The highest BCUT2D eigenvalue weighted by atomic mass is 16.5. The van der Waals surface area contributed by atoms with Gasteiger partial charge >= 0.3 is 6.01 Å². The third kappa shape index (κ3) is 2.19. The number of anilines is 1. The lowest BCUT2D eigenvalue weighted by molar-refractivity contribution is -0.0604. The molecule has 0 aromatic carbocycles. The van der Waals surface area contributed by atoms with Crippen LogP contribution in [0, 0.1) is 0 Å². The Labute approximate surface area is 95.6 Å². The highest BCUT2D eigenvalue weighted by molar-refractivity contribution is 5.21. The Morgan fingerprint density at radius 2 is 2.25 bits per heavy atom. The Balaban J connectivity index is 1.89. The van der Waals surface area contributed by atoms with Crippen molar-refractivity contribution in [3.63, 3.8) is 0 Å². The van der Waals surface area contributed by atoms with Crippen LogP contribution in [0.4, 0.5) is 6.01 Å². The third-order valence-electron chi connectivity index (χ3n) is 3.22. The van der Waals surface area contributed by atoms with Gasteiger partial charge in [-0.15, -0.1) is 0 Å². The second-order valence-corrected chi connectivity index (χ2v) is 4.71. The number of nitrogens with zero attached hydrogens (tertiary/aromatic N) is 2. The molecule has 1 fully saturated rings. The summed E-state index contributed by atoms with van der Waals surface area (Å²) in [6.45, 7) is 4.82. The minimum atomic E-state index is -0.0214. The molecule has 1 aromatic heterocycles. The van der Waals surface area contributed by atoms with E-state index in [9.17, 15) is 0 Å². The van der Waals surface area contributed by atoms with Gasteiger partial charge in [-0.25, -0.2) is 0 Å². The van der Waals surface area contributed by atoms with Crippen molar-refractivity contribution in [2.45, 2.75) is 44.6 Å². The van der Waals surface area contributed by atoms with Crippen LogP contribution in [0.1, 0.15) is 44.9 Å². The van der Waals surface area contributed by atoms with Gasteiger partial charge in [-0.1, -0.05) is 19.0 Å².